The van der Waals surface area contributed by atoms with Crippen LogP contribution < -0.4 is 5.32 Å². The molecule has 0 saturated carbocycles. The number of hydrogen-bond donors (Lipinski definition) is 2. The van der Waals surface area contributed by atoms with E-state index in [9.17, 15) is 18.3 Å². The highest BCUT2D eigenvalue weighted by atomic mass is 35.5. The number of benzene rings is 3. The summed E-state index contributed by atoms with van der Waals surface area (Å²) < 4.78 is 30.7. The molecule has 0 unspecified atom stereocenters. The number of aliphatic hydroxyl groups is 1. The Bertz CT molecular complexity index is 1970. The number of nitrogens with one attached hydrogen (secondary N) is 1. The Morgan fingerprint density at radius 3 is 2.36 bits per heavy atom. The number of ether oxygens (including phenoxy) is 1. The molecule has 45 heavy (non-hydrogen) atoms. The van der Waals surface area contributed by atoms with Crippen LogP contribution in [0.2, 0.25) is 5.02 Å². The van der Waals surface area contributed by atoms with Crippen LogP contribution in [0.15, 0.2) is 112 Å². The highest BCUT2D eigenvalue weighted by Crippen LogP contribution is 2.45. The topological polar surface area (TPSA) is 118 Å². The summed E-state index contributed by atoms with van der Waals surface area (Å²) in [7, 11) is -3.68. The maximum Gasteiger partial charge on any atom is 0.407 e. The number of fused-ring (bicyclic) bond motifs is 3. The average Bonchev–Trinajstić information content (AvgIpc) is 3.36. The molecule has 1 amide bonds. The Labute approximate surface area is 270 Å². The van der Waals surface area contributed by atoms with Gasteiger partial charge in [0.15, 0.2) is 9.84 Å². The summed E-state index contributed by atoms with van der Waals surface area (Å²) in [5.74, 6) is -0.0513. The van der Waals surface area contributed by atoms with E-state index < -0.39 is 15.9 Å². The number of aromatic nitrogens is 2. The number of pyridine rings is 2. The van der Waals surface area contributed by atoms with Gasteiger partial charge in [0.1, 0.15) is 21.6 Å². The molecule has 1 aliphatic carbocycles. The molecular weight excluding hydrogens is 630 g/mol. The number of sulfone groups is 1. The van der Waals surface area contributed by atoms with Crippen molar-refractivity contribution in [2.75, 3.05) is 12.9 Å². The number of nitrogens with zero attached hydrogens (tertiary/aromatic N) is 2. The van der Waals surface area contributed by atoms with Crippen molar-refractivity contribution in [3.8, 4) is 22.3 Å². The van der Waals surface area contributed by atoms with Gasteiger partial charge in [-0.05, 0) is 57.3 Å². The van der Waals surface area contributed by atoms with E-state index in [1.54, 1.807) is 30.5 Å². The molecular formula is C34H28ClN3O5S2. The molecule has 0 fully saturated rings. The van der Waals surface area contributed by atoms with Crippen molar-refractivity contribution in [1.29, 1.82) is 0 Å². The largest absolute Gasteiger partial charge is 0.449 e. The van der Waals surface area contributed by atoms with Crippen molar-refractivity contribution in [2.45, 2.75) is 34.0 Å². The fraction of sp³-hybridized carbons (Fsp3) is 0.147. The smallest absolute Gasteiger partial charge is 0.407 e. The van der Waals surface area contributed by atoms with Crippen molar-refractivity contribution in [3.63, 3.8) is 0 Å². The lowest BCUT2D eigenvalue weighted by Crippen LogP contribution is -2.25. The van der Waals surface area contributed by atoms with Crippen LogP contribution in [0.3, 0.4) is 0 Å². The summed E-state index contributed by atoms with van der Waals surface area (Å²) in [6.45, 7) is 0.139. The monoisotopic (exact) mass is 657 g/mol. The lowest BCUT2D eigenvalue weighted by atomic mass is 9.98. The predicted octanol–water partition coefficient (Wildman–Crippen LogP) is 6.88. The first-order valence-electron chi connectivity index (χ1n) is 14.0. The number of amides is 1. The molecule has 0 atom stereocenters. The Morgan fingerprint density at radius 2 is 1.67 bits per heavy atom. The number of alkyl carbamates (subject to hydrolysis) is 1. The van der Waals surface area contributed by atoms with Crippen LogP contribution in [0, 0.1) is 0 Å². The standard InChI is InChI=1S/C34H28ClN3O5S2/c1-45(41,42)29-18-37-33(44-32-23(19-39)10-7-15-36-32)30(31(29)35)22-9-6-8-21(16-22)17-38-34(40)43-20-28-26-13-4-2-11-24(26)25-12-3-5-14-27(25)28/h2-16,18,28,39H,17,19-20H2,1H3,(H,38,40). The van der Waals surface area contributed by atoms with Crippen LogP contribution in [-0.2, 0) is 27.7 Å². The Morgan fingerprint density at radius 1 is 0.956 bits per heavy atom. The SMILES string of the molecule is CS(=O)(=O)c1cnc(Sc2ncccc2CO)c(-c2cccc(CNC(=O)OCC3c4ccccc4-c4ccccc43)c2)c1Cl. The average molecular weight is 658 g/mol. The molecule has 2 aromatic heterocycles. The zero-order valence-electron chi connectivity index (χ0n) is 24.1. The quantitative estimate of drug-likeness (QED) is 0.176. The number of aliphatic hydroxyl groups excluding tert-OH is 1. The Hall–Kier alpha value is -4.22. The highest BCUT2D eigenvalue weighted by molar-refractivity contribution is 7.99. The molecule has 2 heterocycles. The van der Waals surface area contributed by atoms with Gasteiger partial charge >= 0.3 is 6.09 Å². The second-order valence-electron chi connectivity index (χ2n) is 10.5. The highest BCUT2D eigenvalue weighted by Gasteiger charge is 2.29. The van der Waals surface area contributed by atoms with Gasteiger partial charge in [0.2, 0.25) is 0 Å². The third-order valence-corrected chi connectivity index (χ3v) is 10.2. The fourth-order valence-corrected chi connectivity index (χ4v) is 7.81. The van der Waals surface area contributed by atoms with Gasteiger partial charge in [-0.25, -0.2) is 23.2 Å². The van der Waals surface area contributed by atoms with Crippen molar-refractivity contribution >= 4 is 39.3 Å². The molecule has 6 rings (SSSR count). The first-order chi connectivity index (χ1) is 21.7. The molecule has 11 heteroatoms. The maximum atomic E-state index is 12.8. The number of rotatable bonds is 9. The second-order valence-corrected chi connectivity index (χ2v) is 13.8. The summed E-state index contributed by atoms with van der Waals surface area (Å²) in [4.78, 5) is 21.5. The van der Waals surface area contributed by atoms with Gasteiger partial charge in [0.25, 0.3) is 0 Å². The normalized spacial score (nSPS) is 12.4. The van der Waals surface area contributed by atoms with Gasteiger partial charge in [0.05, 0.1) is 11.6 Å². The van der Waals surface area contributed by atoms with E-state index in [1.165, 1.54) is 18.0 Å². The minimum Gasteiger partial charge on any atom is -0.449 e. The number of hydrogen-bond acceptors (Lipinski definition) is 8. The van der Waals surface area contributed by atoms with E-state index in [0.29, 0.717) is 26.7 Å². The van der Waals surface area contributed by atoms with Gasteiger partial charge in [-0.15, -0.1) is 0 Å². The molecule has 0 bridgehead atoms. The first-order valence-corrected chi connectivity index (χ1v) is 17.1. The van der Waals surface area contributed by atoms with E-state index in [4.69, 9.17) is 16.3 Å². The number of halogens is 1. The van der Waals surface area contributed by atoms with Gasteiger partial charge in [-0.3, -0.25) is 0 Å². The Balaban J connectivity index is 1.21. The Kier molecular flexibility index (Phi) is 8.91. The fourth-order valence-electron chi connectivity index (χ4n) is 5.43. The van der Waals surface area contributed by atoms with Crippen LogP contribution in [0.4, 0.5) is 4.79 Å². The van der Waals surface area contributed by atoms with E-state index in [-0.39, 0.29) is 35.6 Å². The molecule has 0 saturated heterocycles. The van der Waals surface area contributed by atoms with Crippen LogP contribution in [-0.4, -0.2) is 42.4 Å². The van der Waals surface area contributed by atoms with E-state index in [0.717, 1.165) is 34.1 Å². The van der Waals surface area contributed by atoms with Gasteiger partial charge in [0, 0.05) is 42.2 Å². The van der Waals surface area contributed by atoms with E-state index in [2.05, 4.69) is 39.6 Å². The molecule has 2 N–H and O–H groups in total. The van der Waals surface area contributed by atoms with Crippen molar-refractivity contribution < 1.29 is 23.1 Å². The molecule has 3 aromatic carbocycles. The minimum atomic E-state index is -3.68. The lowest BCUT2D eigenvalue weighted by molar-refractivity contribution is 0.142. The van der Waals surface area contributed by atoms with Crippen LogP contribution in [0.1, 0.15) is 28.2 Å². The number of carbonyl (C=O) groups is 1. The van der Waals surface area contributed by atoms with Crippen molar-refractivity contribution in [2.24, 2.45) is 0 Å². The van der Waals surface area contributed by atoms with Crippen molar-refractivity contribution in [1.82, 2.24) is 15.3 Å². The van der Waals surface area contributed by atoms with Gasteiger partial charge < -0.3 is 15.2 Å². The third kappa shape index (κ3) is 6.46. The predicted molar refractivity (Wildman–Crippen MR) is 174 cm³/mol. The first kappa shape index (κ1) is 30.8. The minimum absolute atomic E-state index is 0.0260. The molecule has 8 nitrogen and oxygen atoms in total. The summed E-state index contributed by atoms with van der Waals surface area (Å²) in [6, 6.07) is 27.0. The van der Waals surface area contributed by atoms with E-state index >= 15 is 0 Å². The lowest BCUT2D eigenvalue weighted by Gasteiger charge is -2.16. The molecule has 0 radical (unpaired) electrons. The molecule has 5 aromatic rings. The third-order valence-electron chi connectivity index (χ3n) is 7.56. The summed E-state index contributed by atoms with van der Waals surface area (Å²) in [5, 5.41) is 13.6. The summed E-state index contributed by atoms with van der Waals surface area (Å²) in [6.07, 6.45) is 3.35. The molecule has 228 valence electrons. The summed E-state index contributed by atoms with van der Waals surface area (Å²) in [5.41, 5.74) is 6.92. The maximum absolute atomic E-state index is 12.8. The zero-order chi connectivity index (χ0) is 31.6. The van der Waals surface area contributed by atoms with Crippen LogP contribution in [0.25, 0.3) is 22.3 Å². The molecule has 1 aliphatic rings. The van der Waals surface area contributed by atoms with Crippen LogP contribution >= 0.6 is 23.4 Å². The number of carbonyl (C=O) groups excluding carboxylic acids is 1. The van der Waals surface area contributed by atoms with Gasteiger partial charge in [-0.2, -0.15) is 0 Å². The summed E-state index contributed by atoms with van der Waals surface area (Å²) >= 11 is 7.91. The van der Waals surface area contributed by atoms with Crippen molar-refractivity contribution in [3.05, 3.63) is 125 Å². The van der Waals surface area contributed by atoms with E-state index in [1.807, 2.05) is 36.4 Å². The molecule has 0 spiro atoms. The molecule has 0 aliphatic heterocycles. The zero-order valence-corrected chi connectivity index (χ0v) is 26.5. The van der Waals surface area contributed by atoms with Gasteiger partial charge in [-0.1, -0.05) is 84.4 Å². The van der Waals surface area contributed by atoms with Crippen LogP contribution in [0.5, 0.6) is 0 Å². The second kappa shape index (κ2) is 13.0.